The Hall–Kier alpha value is -1.06. The van der Waals surface area contributed by atoms with Crippen LogP contribution < -0.4 is 4.90 Å². The second-order valence-electron chi connectivity index (χ2n) is 3.82. The molecule has 0 aromatic heterocycles. The highest BCUT2D eigenvalue weighted by Crippen LogP contribution is 2.13. The first-order valence-electron chi connectivity index (χ1n) is 5.64. The Kier molecular flexibility index (Phi) is 4.00. The van der Waals surface area contributed by atoms with Crippen molar-refractivity contribution < 1.29 is 6.48 Å². The molecule has 0 radical (unpaired) electrons. The van der Waals surface area contributed by atoms with Crippen LogP contribution in [0.1, 0.15) is 6.93 Å². The number of benzene rings is 1. The SMILES string of the molecule is [2H]C(c1ccc(N(C)C)cc1)N(C)CCO. The van der Waals surface area contributed by atoms with Gasteiger partial charge in [-0.3, -0.25) is 4.90 Å². The lowest BCUT2D eigenvalue weighted by Gasteiger charge is -2.16. The summed E-state index contributed by atoms with van der Waals surface area (Å²) in [5.74, 6) is 0. The normalized spacial score (nSPS) is 13.8. The molecule has 0 fully saturated rings. The Morgan fingerprint density at radius 1 is 1.20 bits per heavy atom. The summed E-state index contributed by atoms with van der Waals surface area (Å²) in [5, 5.41) is 8.82. The smallest absolute Gasteiger partial charge is 0.0558 e. The van der Waals surface area contributed by atoms with Gasteiger partial charge >= 0.3 is 0 Å². The first-order chi connectivity index (χ1) is 7.56. The Balaban J connectivity index is 2.73. The third-order valence-electron chi connectivity index (χ3n) is 2.23. The van der Waals surface area contributed by atoms with Crippen LogP contribution in [0.4, 0.5) is 5.69 Å². The standard InChI is InChI=1S/C12H20N2O/c1-13(2)12-6-4-11(5-7-12)10-14(3)8-9-15/h4-7,15H,8-10H2,1-3H3/i10D. The van der Waals surface area contributed by atoms with E-state index in [1.165, 1.54) is 0 Å². The second kappa shape index (κ2) is 5.73. The van der Waals surface area contributed by atoms with E-state index in [1.807, 2.05) is 55.2 Å². The van der Waals surface area contributed by atoms with Crippen molar-refractivity contribution in [3.8, 4) is 0 Å². The summed E-state index contributed by atoms with van der Waals surface area (Å²) in [7, 11) is 5.82. The summed E-state index contributed by atoms with van der Waals surface area (Å²) in [5.41, 5.74) is 2.07. The van der Waals surface area contributed by atoms with Crippen LogP contribution >= 0.6 is 0 Å². The van der Waals surface area contributed by atoms with Crippen molar-refractivity contribution >= 4 is 5.69 Å². The van der Waals surface area contributed by atoms with E-state index in [-0.39, 0.29) is 6.61 Å². The molecule has 1 unspecified atom stereocenters. The fourth-order valence-corrected chi connectivity index (χ4v) is 1.34. The van der Waals surface area contributed by atoms with Gasteiger partial charge in [-0.05, 0) is 24.7 Å². The number of nitrogens with zero attached hydrogens (tertiary/aromatic N) is 2. The van der Waals surface area contributed by atoms with Gasteiger partial charge < -0.3 is 10.0 Å². The zero-order chi connectivity index (χ0) is 12.1. The highest BCUT2D eigenvalue weighted by atomic mass is 16.3. The minimum atomic E-state index is -0.414. The Morgan fingerprint density at radius 2 is 1.80 bits per heavy atom. The van der Waals surface area contributed by atoms with Crippen molar-refractivity contribution in [3.63, 3.8) is 0 Å². The van der Waals surface area contributed by atoms with Gasteiger partial charge in [0, 0.05) is 34.2 Å². The Morgan fingerprint density at radius 3 is 2.27 bits per heavy atom. The van der Waals surface area contributed by atoms with Crippen LogP contribution in [-0.2, 0) is 6.52 Å². The average Bonchev–Trinajstić information content (AvgIpc) is 2.28. The summed E-state index contributed by atoms with van der Waals surface area (Å²) in [6.45, 7) is 0.189. The highest BCUT2D eigenvalue weighted by molar-refractivity contribution is 5.45. The van der Waals surface area contributed by atoms with Crippen LogP contribution in [0.15, 0.2) is 24.3 Å². The fraction of sp³-hybridized carbons (Fsp3) is 0.500. The maximum atomic E-state index is 8.82. The zero-order valence-electron chi connectivity index (χ0n) is 10.6. The Bertz CT molecular complexity index is 313. The summed E-state index contributed by atoms with van der Waals surface area (Å²) in [6, 6.07) is 7.93. The second-order valence-corrected chi connectivity index (χ2v) is 3.82. The number of hydrogen-bond donors (Lipinski definition) is 1. The molecular formula is C12H20N2O. The van der Waals surface area contributed by atoms with E-state index in [1.54, 1.807) is 0 Å². The molecule has 15 heavy (non-hydrogen) atoms. The number of anilines is 1. The third-order valence-corrected chi connectivity index (χ3v) is 2.23. The molecule has 0 spiro atoms. The van der Waals surface area contributed by atoms with E-state index in [2.05, 4.69) is 0 Å². The lowest BCUT2D eigenvalue weighted by Crippen LogP contribution is -2.21. The third kappa shape index (κ3) is 3.90. The van der Waals surface area contributed by atoms with Crippen LogP contribution in [0, 0.1) is 0 Å². The highest BCUT2D eigenvalue weighted by Gasteiger charge is 2.00. The number of aliphatic hydroxyl groups is 1. The molecule has 0 saturated heterocycles. The van der Waals surface area contributed by atoms with Gasteiger partial charge in [0.2, 0.25) is 0 Å². The molecule has 1 aromatic rings. The van der Waals surface area contributed by atoms with Crippen molar-refractivity contribution in [1.82, 2.24) is 4.90 Å². The molecular weight excluding hydrogens is 188 g/mol. The van der Waals surface area contributed by atoms with E-state index in [4.69, 9.17) is 6.48 Å². The number of hydrogen-bond acceptors (Lipinski definition) is 3. The molecule has 0 bridgehead atoms. The average molecular weight is 209 g/mol. The summed E-state index contributed by atoms with van der Waals surface area (Å²) >= 11 is 0. The summed E-state index contributed by atoms with van der Waals surface area (Å²) < 4.78 is 8.00. The molecule has 0 aliphatic rings. The molecule has 0 aliphatic carbocycles. The molecule has 0 amide bonds. The van der Waals surface area contributed by atoms with Crippen molar-refractivity contribution in [1.29, 1.82) is 0 Å². The van der Waals surface area contributed by atoms with Gasteiger partial charge in [-0.2, -0.15) is 0 Å². The largest absolute Gasteiger partial charge is 0.395 e. The van der Waals surface area contributed by atoms with Crippen molar-refractivity contribution in [2.45, 2.75) is 6.52 Å². The molecule has 0 saturated carbocycles. The van der Waals surface area contributed by atoms with E-state index in [0.717, 1.165) is 11.3 Å². The van der Waals surface area contributed by atoms with Crippen molar-refractivity contribution in [3.05, 3.63) is 29.8 Å². The van der Waals surface area contributed by atoms with Crippen LogP contribution in [0.5, 0.6) is 0 Å². The van der Waals surface area contributed by atoms with Gasteiger partial charge in [-0.15, -0.1) is 0 Å². The molecule has 0 heterocycles. The maximum Gasteiger partial charge on any atom is 0.0558 e. The van der Waals surface area contributed by atoms with Crippen molar-refractivity contribution in [2.75, 3.05) is 39.2 Å². The van der Waals surface area contributed by atoms with E-state index in [0.29, 0.717) is 6.54 Å². The van der Waals surface area contributed by atoms with Gasteiger partial charge in [0.15, 0.2) is 0 Å². The molecule has 1 rings (SSSR count). The zero-order valence-corrected chi connectivity index (χ0v) is 9.64. The quantitative estimate of drug-likeness (QED) is 0.789. The van der Waals surface area contributed by atoms with Crippen LogP contribution in [-0.4, -0.2) is 44.3 Å². The molecule has 1 atom stereocenters. The van der Waals surface area contributed by atoms with Gasteiger partial charge in [0.1, 0.15) is 0 Å². The van der Waals surface area contributed by atoms with Gasteiger partial charge in [0.05, 0.1) is 6.61 Å². The number of rotatable bonds is 5. The Labute approximate surface area is 93.3 Å². The molecule has 1 aromatic carbocycles. The van der Waals surface area contributed by atoms with Crippen molar-refractivity contribution in [2.24, 2.45) is 0 Å². The molecule has 1 N–H and O–H groups in total. The number of aliphatic hydroxyl groups excluding tert-OH is 1. The van der Waals surface area contributed by atoms with E-state index in [9.17, 15) is 0 Å². The fourth-order valence-electron chi connectivity index (χ4n) is 1.34. The van der Waals surface area contributed by atoms with Crippen LogP contribution in [0.25, 0.3) is 0 Å². The maximum absolute atomic E-state index is 8.82. The molecule has 84 valence electrons. The van der Waals surface area contributed by atoms with Crippen LogP contribution in [0.3, 0.4) is 0 Å². The topological polar surface area (TPSA) is 26.7 Å². The first kappa shape index (κ1) is 10.5. The lowest BCUT2D eigenvalue weighted by molar-refractivity contribution is 0.217. The predicted molar refractivity (Wildman–Crippen MR) is 64.2 cm³/mol. The number of likely N-dealkylation sites (N-methyl/N-ethyl adjacent to an activating group) is 1. The van der Waals surface area contributed by atoms with Crippen LogP contribution in [0.2, 0.25) is 0 Å². The minimum Gasteiger partial charge on any atom is -0.395 e. The monoisotopic (exact) mass is 209 g/mol. The van der Waals surface area contributed by atoms with E-state index >= 15 is 0 Å². The van der Waals surface area contributed by atoms with E-state index < -0.39 is 6.52 Å². The lowest BCUT2D eigenvalue weighted by atomic mass is 10.2. The summed E-state index contributed by atoms with van der Waals surface area (Å²) in [4.78, 5) is 3.84. The first-order valence-corrected chi connectivity index (χ1v) is 5.07. The van der Waals surface area contributed by atoms with Gasteiger partial charge in [-0.1, -0.05) is 12.1 Å². The predicted octanol–water partition coefficient (Wildman–Crippen LogP) is 1.18. The molecule has 3 heteroatoms. The molecule has 0 aliphatic heterocycles. The minimum absolute atomic E-state index is 0.0850. The molecule has 3 nitrogen and oxygen atoms in total. The van der Waals surface area contributed by atoms with Gasteiger partial charge in [0.25, 0.3) is 0 Å². The summed E-state index contributed by atoms with van der Waals surface area (Å²) in [6.07, 6.45) is 0. The van der Waals surface area contributed by atoms with Gasteiger partial charge in [-0.25, -0.2) is 0 Å².